The first-order valence-electron chi connectivity index (χ1n) is 10.8. The lowest BCUT2D eigenvalue weighted by atomic mass is 9.73. The first kappa shape index (κ1) is 18.1. The summed E-state index contributed by atoms with van der Waals surface area (Å²) in [7, 11) is 0. The summed E-state index contributed by atoms with van der Waals surface area (Å²) in [6, 6.07) is 3.46. The molecule has 2 bridgehead atoms. The topological polar surface area (TPSA) is 71.5 Å². The van der Waals surface area contributed by atoms with Crippen molar-refractivity contribution in [2.24, 2.45) is 17.8 Å². The summed E-state index contributed by atoms with van der Waals surface area (Å²) >= 11 is 0. The van der Waals surface area contributed by atoms with Crippen molar-refractivity contribution in [1.29, 1.82) is 0 Å². The Morgan fingerprint density at radius 2 is 1.96 bits per heavy atom. The van der Waals surface area contributed by atoms with Crippen LogP contribution in [0.2, 0.25) is 0 Å². The number of nitrogens with zero attached hydrogens (tertiary/aromatic N) is 2. The highest BCUT2D eigenvalue weighted by atomic mass is 16.5. The largest absolute Gasteiger partial charge is 0.369 e. The zero-order valence-electron chi connectivity index (χ0n) is 16.3. The molecule has 4 atom stereocenters. The Kier molecular flexibility index (Phi) is 4.62. The quantitative estimate of drug-likeness (QED) is 0.867. The Balaban J connectivity index is 1.24. The van der Waals surface area contributed by atoms with Crippen LogP contribution in [0.15, 0.2) is 24.5 Å². The fourth-order valence-electron chi connectivity index (χ4n) is 6.06. The highest BCUT2D eigenvalue weighted by Gasteiger charge is 2.63. The Morgan fingerprint density at radius 3 is 2.75 bits per heavy atom. The van der Waals surface area contributed by atoms with E-state index in [9.17, 15) is 9.59 Å². The predicted octanol–water partition coefficient (Wildman–Crippen LogP) is 2.40. The number of carbonyl (C=O) groups excluding carboxylic acids is 2. The second-order valence-corrected chi connectivity index (χ2v) is 9.03. The lowest BCUT2D eigenvalue weighted by Gasteiger charge is -2.29. The van der Waals surface area contributed by atoms with E-state index in [4.69, 9.17) is 4.74 Å². The van der Waals surface area contributed by atoms with Gasteiger partial charge in [0, 0.05) is 48.8 Å². The van der Waals surface area contributed by atoms with Gasteiger partial charge >= 0.3 is 0 Å². The highest BCUT2D eigenvalue weighted by Crippen LogP contribution is 2.55. The zero-order valence-corrected chi connectivity index (χ0v) is 16.3. The van der Waals surface area contributed by atoms with Crippen molar-refractivity contribution < 1.29 is 14.3 Å². The van der Waals surface area contributed by atoms with Gasteiger partial charge in [0.25, 0.3) is 5.91 Å². The summed E-state index contributed by atoms with van der Waals surface area (Å²) in [6.45, 7) is 2.16. The second-order valence-electron chi connectivity index (χ2n) is 9.03. The number of nitrogens with one attached hydrogen (secondary N) is 1. The molecule has 1 spiro atoms. The van der Waals surface area contributed by atoms with Crippen LogP contribution in [0.5, 0.6) is 0 Å². The van der Waals surface area contributed by atoms with Crippen LogP contribution in [0, 0.1) is 17.8 Å². The molecule has 0 radical (unpaired) electrons. The van der Waals surface area contributed by atoms with Crippen LogP contribution in [-0.2, 0) is 9.53 Å². The Morgan fingerprint density at radius 1 is 1.18 bits per heavy atom. The first-order chi connectivity index (χ1) is 13.7. The maximum absolute atomic E-state index is 13.1. The molecule has 28 heavy (non-hydrogen) atoms. The van der Waals surface area contributed by atoms with Gasteiger partial charge in [0.15, 0.2) is 0 Å². The third-order valence-electron chi connectivity index (χ3n) is 7.49. The van der Waals surface area contributed by atoms with Crippen LogP contribution in [-0.4, -0.2) is 53.0 Å². The van der Waals surface area contributed by atoms with Crippen LogP contribution in [0.3, 0.4) is 0 Å². The number of amides is 2. The molecule has 0 aromatic carbocycles. The van der Waals surface area contributed by atoms with Crippen LogP contribution < -0.4 is 5.32 Å². The molecule has 5 rings (SSSR count). The molecule has 150 valence electrons. The van der Waals surface area contributed by atoms with E-state index in [1.807, 2.05) is 0 Å². The van der Waals surface area contributed by atoms with Crippen molar-refractivity contribution in [3.8, 4) is 0 Å². The van der Waals surface area contributed by atoms with Gasteiger partial charge in [-0.15, -0.1) is 0 Å². The summed E-state index contributed by atoms with van der Waals surface area (Å²) in [5.74, 6) is 1.13. The number of likely N-dealkylation sites (tertiary alicyclic amines) is 1. The number of aromatic nitrogens is 1. The molecule has 4 fully saturated rings. The molecule has 6 heteroatoms. The molecule has 3 aliphatic heterocycles. The Hall–Kier alpha value is -1.95. The van der Waals surface area contributed by atoms with Gasteiger partial charge in [0.2, 0.25) is 5.91 Å². The number of hydrogen-bond donors (Lipinski definition) is 1. The molecular formula is C22H29N3O3. The van der Waals surface area contributed by atoms with Gasteiger partial charge in [0.05, 0.1) is 18.2 Å². The standard InChI is InChI=1S/C22H29N3O3/c26-20(15-7-10-23-11-8-15)24-12-17-18-13-25(14-22(18)9-6-19(17)28-22)21(27)16-4-2-1-3-5-16/h7-8,10-11,16-19H,1-6,9,12-14H2,(H,24,26)/t17-,18+,19+,22+/m0/s1. The molecule has 6 nitrogen and oxygen atoms in total. The van der Waals surface area contributed by atoms with Gasteiger partial charge in [-0.2, -0.15) is 0 Å². The van der Waals surface area contributed by atoms with E-state index in [0.29, 0.717) is 29.9 Å². The maximum Gasteiger partial charge on any atom is 0.251 e. The van der Waals surface area contributed by atoms with E-state index in [1.165, 1.54) is 19.3 Å². The van der Waals surface area contributed by atoms with E-state index in [-0.39, 0.29) is 23.5 Å². The average molecular weight is 383 g/mol. The molecule has 1 aromatic heterocycles. The van der Waals surface area contributed by atoms with Crippen LogP contribution in [0.4, 0.5) is 0 Å². The monoisotopic (exact) mass is 383 g/mol. The fourth-order valence-corrected chi connectivity index (χ4v) is 6.06. The minimum atomic E-state index is -0.166. The van der Waals surface area contributed by atoms with Crippen molar-refractivity contribution in [2.75, 3.05) is 19.6 Å². The summed E-state index contributed by atoms with van der Waals surface area (Å²) < 4.78 is 6.45. The molecule has 2 amide bonds. The number of fused-ring (bicyclic) bond motifs is 1. The van der Waals surface area contributed by atoms with Crippen molar-refractivity contribution in [2.45, 2.75) is 56.7 Å². The highest BCUT2D eigenvalue weighted by molar-refractivity contribution is 5.93. The number of ether oxygens (including phenoxy) is 1. The van der Waals surface area contributed by atoms with Crippen molar-refractivity contribution in [3.63, 3.8) is 0 Å². The number of rotatable bonds is 4. The summed E-state index contributed by atoms with van der Waals surface area (Å²) in [6.07, 6.45) is 11.3. The minimum absolute atomic E-state index is 0.0626. The van der Waals surface area contributed by atoms with E-state index in [2.05, 4.69) is 15.2 Å². The number of pyridine rings is 1. The SMILES string of the molecule is O=C(NC[C@H]1[C@H]2CN(C(=O)C3CCCCC3)C[C@]23CC[C@H]1O3)c1ccncc1. The van der Waals surface area contributed by atoms with Crippen LogP contribution in [0.25, 0.3) is 0 Å². The van der Waals surface area contributed by atoms with Gasteiger partial charge in [-0.1, -0.05) is 19.3 Å². The van der Waals surface area contributed by atoms with Crippen LogP contribution in [0.1, 0.15) is 55.3 Å². The smallest absolute Gasteiger partial charge is 0.251 e. The van der Waals surface area contributed by atoms with Crippen LogP contribution >= 0.6 is 0 Å². The third-order valence-corrected chi connectivity index (χ3v) is 7.49. The van der Waals surface area contributed by atoms with Gasteiger partial charge in [-0.25, -0.2) is 0 Å². The molecule has 4 heterocycles. The van der Waals surface area contributed by atoms with Crippen molar-refractivity contribution in [3.05, 3.63) is 30.1 Å². The normalized spacial score (nSPS) is 34.4. The third kappa shape index (κ3) is 3.02. The van der Waals surface area contributed by atoms with Crippen molar-refractivity contribution in [1.82, 2.24) is 15.2 Å². The van der Waals surface area contributed by atoms with E-state index in [1.54, 1.807) is 24.5 Å². The van der Waals surface area contributed by atoms with Gasteiger partial charge in [-0.3, -0.25) is 14.6 Å². The lowest BCUT2D eigenvalue weighted by Crippen LogP contribution is -2.41. The molecule has 1 aromatic rings. The Labute approximate surface area is 166 Å². The molecule has 3 saturated heterocycles. The summed E-state index contributed by atoms with van der Waals surface area (Å²) in [5.41, 5.74) is 0.468. The van der Waals surface area contributed by atoms with E-state index < -0.39 is 0 Å². The zero-order chi connectivity index (χ0) is 19.1. The van der Waals surface area contributed by atoms with E-state index >= 15 is 0 Å². The fraction of sp³-hybridized carbons (Fsp3) is 0.682. The molecule has 0 unspecified atom stereocenters. The minimum Gasteiger partial charge on any atom is -0.369 e. The predicted molar refractivity (Wildman–Crippen MR) is 104 cm³/mol. The molecular weight excluding hydrogens is 354 g/mol. The molecule has 1 aliphatic carbocycles. The number of hydrogen-bond acceptors (Lipinski definition) is 4. The summed E-state index contributed by atoms with van der Waals surface area (Å²) in [5, 5.41) is 3.09. The van der Waals surface area contributed by atoms with Crippen molar-refractivity contribution >= 4 is 11.8 Å². The second kappa shape index (κ2) is 7.14. The average Bonchev–Trinajstić information content (AvgIpc) is 3.41. The molecule has 1 saturated carbocycles. The molecule has 1 N–H and O–H groups in total. The summed E-state index contributed by atoms with van der Waals surface area (Å²) in [4.78, 5) is 31.5. The van der Waals surface area contributed by atoms with Gasteiger partial charge < -0.3 is 15.0 Å². The van der Waals surface area contributed by atoms with Gasteiger partial charge in [0.1, 0.15) is 0 Å². The van der Waals surface area contributed by atoms with Gasteiger partial charge in [-0.05, 0) is 37.8 Å². The van der Waals surface area contributed by atoms with E-state index in [0.717, 1.165) is 38.8 Å². The first-order valence-corrected chi connectivity index (χ1v) is 10.8. The Bertz CT molecular complexity index is 749. The lowest BCUT2D eigenvalue weighted by molar-refractivity contribution is -0.137. The number of carbonyl (C=O) groups is 2. The maximum atomic E-state index is 13.1. The molecule has 4 aliphatic rings.